The van der Waals surface area contributed by atoms with Crippen molar-refractivity contribution in [3.8, 4) is 11.3 Å². The van der Waals surface area contributed by atoms with Crippen molar-refractivity contribution in [3.63, 3.8) is 0 Å². The van der Waals surface area contributed by atoms with Crippen molar-refractivity contribution in [2.75, 3.05) is 0 Å². The minimum Gasteiger partial charge on any atom is -0.302 e. The number of hydrogen-bond acceptors (Lipinski definition) is 2. The molecule has 2 nitrogen and oxygen atoms in total. The standard InChI is InChI=1S/C13H9NO/c15-8-12-9-4-1-2-5-10(9)13-11(12)6-3-7-14-13/h1-8,12H/t12-/m0/s1. The number of pyridine rings is 1. The Morgan fingerprint density at radius 3 is 2.73 bits per heavy atom. The number of rotatable bonds is 1. The van der Waals surface area contributed by atoms with Crippen molar-refractivity contribution >= 4 is 6.29 Å². The van der Waals surface area contributed by atoms with Crippen molar-refractivity contribution in [2.45, 2.75) is 5.92 Å². The fraction of sp³-hybridized carbons (Fsp3) is 0.0769. The average molecular weight is 195 g/mol. The number of nitrogens with zero attached hydrogens (tertiary/aromatic N) is 1. The third-order valence-electron chi connectivity index (χ3n) is 2.86. The van der Waals surface area contributed by atoms with Crippen molar-refractivity contribution in [2.24, 2.45) is 0 Å². The van der Waals surface area contributed by atoms with E-state index >= 15 is 0 Å². The van der Waals surface area contributed by atoms with Crippen molar-refractivity contribution in [1.82, 2.24) is 4.98 Å². The maximum absolute atomic E-state index is 11.1. The first kappa shape index (κ1) is 8.36. The molecule has 1 aromatic heterocycles. The predicted octanol–water partition coefficient (Wildman–Crippen LogP) is 2.39. The van der Waals surface area contributed by atoms with Gasteiger partial charge in [-0.25, -0.2) is 0 Å². The van der Waals surface area contributed by atoms with E-state index in [0.717, 1.165) is 28.7 Å². The lowest BCUT2D eigenvalue weighted by atomic mass is 9.99. The molecule has 1 aromatic carbocycles. The normalized spacial score (nSPS) is 16.9. The summed E-state index contributed by atoms with van der Waals surface area (Å²) in [7, 11) is 0. The Labute approximate surface area is 87.6 Å². The van der Waals surface area contributed by atoms with Crippen LogP contribution in [0.25, 0.3) is 11.3 Å². The highest BCUT2D eigenvalue weighted by molar-refractivity contribution is 5.85. The van der Waals surface area contributed by atoms with Gasteiger partial charge >= 0.3 is 0 Å². The molecular weight excluding hydrogens is 186 g/mol. The molecule has 0 saturated heterocycles. The predicted molar refractivity (Wildman–Crippen MR) is 57.6 cm³/mol. The molecule has 1 aliphatic carbocycles. The molecule has 2 aromatic rings. The molecule has 0 fully saturated rings. The monoisotopic (exact) mass is 195 g/mol. The Hall–Kier alpha value is -1.96. The smallest absolute Gasteiger partial charge is 0.131 e. The van der Waals surface area contributed by atoms with E-state index in [4.69, 9.17) is 0 Å². The molecule has 3 rings (SSSR count). The molecule has 0 bridgehead atoms. The Morgan fingerprint density at radius 1 is 1.07 bits per heavy atom. The van der Waals surface area contributed by atoms with E-state index in [1.807, 2.05) is 36.4 Å². The van der Waals surface area contributed by atoms with Crippen LogP contribution in [0.15, 0.2) is 42.6 Å². The molecule has 0 spiro atoms. The summed E-state index contributed by atoms with van der Waals surface area (Å²) >= 11 is 0. The van der Waals surface area contributed by atoms with Crippen LogP contribution in [0.1, 0.15) is 17.0 Å². The molecule has 2 heteroatoms. The van der Waals surface area contributed by atoms with Crippen LogP contribution < -0.4 is 0 Å². The summed E-state index contributed by atoms with van der Waals surface area (Å²) in [5.74, 6) is -0.134. The third kappa shape index (κ3) is 1.05. The Bertz CT molecular complexity index is 488. The largest absolute Gasteiger partial charge is 0.302 e. The second kappa shape index (κ2) is 3.02. The van der Waals surface area contributed by atoms with Gasteiger partial charge in [0.25, 0.3) is 0 Å². The van der Waals surface area contributed by atoms with Gasteiger partial charge in [0.15, 0.2) is 0 Å². The molecule has 0 unspecified atom stereocenters. The van der Waals surface area contributed by atoms with Gasteiger partial charge in [0, 0.05) is 11.8 Å². The number of aromatic nitrogens is 1. The quantitative estimate of drug-likeness (QED) is 0.654. The number of fused-ring (bicyclic) bond motifs is 3. The topological polar surface area (TPSA) is 30.0 Å². The Balaban J connectivity index is 2.35. The molecule has 15 heavy (non-hydrogen) atoms. The van der Waals surface area contributed by atoms with Crippen molar-refractivity contribution in [1.29, 1.82) is 0 Å². The summed E-state index contributed by atoms with van der Waals surface area (Å²) in [5, 5.41) is 0. The molecule has 72 valence electrons. The summed E-state index contributed by atoms with van der Waals surface area (Å²) in [5.41, 5.74) is 4.13. The molecule has 1 heterocycles. The minimum absolute atomic E-state index is 0.134. The number of carbonyl (C=O) groups excluding carboxylic acids is 1. The highest BCUT2D eigenvalue weighted by Gasteiger charge is 2.28. The van der Waals surface area contributed by atoms with Crippen LogP contribution in [0.5, 0.6) is 0 Å². The van der Waals surface area contributed by atoms with Crippen molar-refractivity contribution < 1.29 is 4.79 Å². The van der Waals surface area contributed by atoms with Gasteiger partial charge in [-0.2, -0.15) is 0 Å². The number of hydrogen-bond donors (Lipinski definition) is 0. The highest BCUT2D eigenvalue weighted by atomic mass is 16.1. The zero-order valence-electron chi connectivity index (χ0n) is 8.05. The lowest BCUT2D eigenvalue weighted by Crippen LogP contribution is -1.96. The lowest BCUT2D eigenvalue weighted by molar-refractivity contribution is -0.108. The maximum atomic E-state index is 11.1. The van der Waals surface area contributed by atoms with Gasteiger partial charge in [0.05, 0.1) is 11.6 Å². The van der Waals surface area contributed by atoms with Crippen LogP contribution in [0.3, 0.4) is 0 Å². The van der Waals surface area contributed by atoms with E-state index in [1.165, 1.54) is 0 Å². The van der Waals surface area contributed by atoms with E-state index in [9.17, 15) is 4.79 Å². The van der Waals surface area contributed by atoms with Gasteiger partial charge in [-0.15, -0.1) is 0 Å². The van der Waals surface area contributed by atoms with Gasteiger partial charge in [-0.1, -0.05) is 30.3 Å². The van der Waals surface area contributed by atoms with Gasteiger partial charge in [0.2, 0.25) is 0 Å². The maximum Gasteiger partial charge on any atom is 0.131 e. The van der Waals surface area contributed by atoms with Gasteiger partial charge in [0.1, 0.15) is 6.29 Å². The molecule has 0 amide bonds. The van der Waals surface area contributed by atoms with E-state index in [-0.39, 0.29) is 5.92 Å². The highest BCUT2D eigenvalue weighted by Crippen LogP contribution is 2.41. The number of benzene rings is 1. The SMILES string of the molecule is O=C[C@H]1c2ccccc2-c2ncccc21. The summed E-state index contributed by atoms with van der Waals surface area (Å²) in [4.78, 5) is 15.4. The molecule has 0 aliphatic heterocycles. The molecule has 0 radical (unpaired) electrons. The van der Waals surface area contributed by atoms with E-state index < -0.39 is 0 Å². The Kier molecular flexibility index (Phi) is 1.68. The van der Waals surface area contributed by atoms with Crippen LogP contribution in [0, 0.1) is 0 Å². The summed E-state index contributed by atoms with van der Waals surface area (Å²) in [6.45, 7) is 0. The molecule has 1 aliphatic rings. The lowest BCUT2D eigenvalue weighted by Gasteiger charge is -2.02. The summed E-state index contributed by atoms with van der Waals surface area (Å²) in [6.07, 6.45) is 2.76. The first-order valence-electron chi connectivity index (χ1n) is 4.91. The fourth-order valence-electron chi connectivity index (χ4n) is 2.19. The van der Waals surface area contributed by atoms with Crippen molar-refractivity contribution in [3.05, 3.63) is 53.7 Å². The van der Waals surface area contributed by atoms with Crippen LogP contribution in [0.4, 0.5) is 0 Å². The third-order valence-corrected chi connectivity index (χ3v) is 2.86. The van der Waals surface area contributed by atoms with E-state index in [2.05, 4.69) is 4.98 Å². The van der Waals surface area contributed by atoms with Crippen LogP contribution in [-0.4, -0.2) is 11.3 Å². The van der Waals surface area contributed by atoms with Gasteiger partial charge < -0.3 is 4.79 Å². The minimum atomic E-state index is -0.134. The molecule has 0 saturated carbocycles. The fourth-order valence-corrected chi connectivity index (χ4v) is 2.19. The zero-order valence-corrected chi connectivity index (χ0v) is 8.05. The van der Waals surface area contributed by atoms with Gasteiger partial charge in [-0.3, -0.25) is 4.98 Å². The molecular formula is C13H9NO. The summed E-state index contributed by atoms with van der Waals surface area (Å²) in [6, 6.07) is 11.8. The first-order chi connectivity index (χ1) is 7.42. The van der Waals surface area contributed by atoms with Crippen LogP contribution in [0.2, 0.25) is 0 Å². The summed E-state index contributed by atoms with van der Waals surface area (Å²) < 4.78 is 0. The Morgan fingerprint density at radius 2 is 1.87 bits per heavy atom. The van der Waals surface area contributed by atoms with E-state index in [0.29, 0.717) is 0 Å². The van der Waals surface area contributed by atoms with Crippen LogP contribution in [-0.2, 0) is 4.79 Å². The van der Waals surface area contributed by atoms with Crippen LogP contribution >= 0.6 is 0 Å². The molecule has 1 atom stereocenters. The zero-order chi connectivity index (χ0) is 10.3. The second-order valence-corrected chi connectivity index (χ2v) is 3.64. The first-order valence-corrected chi connectivity index (χ1v) is 4.91. The average Bonchev–Trinajstić information content (AvgIpc) is 2.63. The number of carbonyl (C=O) groups is 1. The van der Waals surface area contributed by atoms with Gasteiger partial charge in [-0.05, 0) is 17.2 Å². The molecule has 0 N–H and O–H groups in total. The second-order valence-electron chi connectivity index (χ2n) is 3.64. The van der Waals surface area contributed by atoms with E-state index in [1.54, 1.807) is 6.20 Å². The number of aldehydes is 1.